The molecule has 2 aromatic rings. The third-order valence-electron chi connectivity index (χ3n) is 4.68. The van der Waals surface area contributed by atoms with Crippen molar-refractivity contribution in [2.24, 2.45) is 0 Å². The molecule has 0 bridgehead atoms. The molecule has 0 heterocycles. The van der Waals surface area contributed by atoms with E-state index in [1.54, 1.807) is 0 Å². The zero-order valence-electron chi connectivity index (χ0n) is 18.9. The summed E-state index contributed by atoms with van der Waals surface area (Å²) in [5.41, 5.74) is 1.88. The van der Waals surface area contributed by atoms with Crippen molar-refractivity contribution in [3.63, 3.8) is 0 Å². The second-order valence-corrected chi connectivity index (χ2v) is 6.96. The Kier molecular flexibility index (Phi) is 8.54. The quantitative estimate of drug-likeness (QED) is 0.575. The van der Waals surface area contributed by atoms with Crippen molar-refractivity contribution in [3.05, 3.63) is 42.0 Å². The molecule has 31 heavy (non-hydrogen) atoms. The van der Waals surface area contributed by atoms with Gasteiger partial charge in [0.2, 0.25) is 5.75 Å². The number of methoxy groups -OCH3 is 3. The molecule has 0 saturated carbocycles. The van der Waals surface area contributed by atoms with Crippen LogP contribution in [0.3, 0.4) is 0 Å². The van der Waals surface area contributed by atoms with Crippen molar-refractivity contribution in [2.45, 2.75) is 26.8 Å². The van der Waals surface area contributed by atoms with Crippen LogP contribution in [-0.2, 0) is 9.53 Å². The summed E-state index contributed by atoms with van der Waals surface area (Å²) in [5.74, 6) is -0.117. The van der Waals surface area contributed by atoms with Gasteiger partial charge in [0.1, 0.15) is 0 Å². The summed E-state index contributed by atoms with van der Waals surface area (Å²) in [5, 5.41) is 2.72. The Balaban J connectivity index is 1.99. The lowest BCUT2D eigenvalue weighted by Gasteiger charge is -2.27. The predicted octanol–water partition coefficient (Wildman–Crippen LogP) is 3.74. The van der Waals surface area contributed by atoms with E-state index >= 15 is 0 Å². The highest BCUT2D eigenvalue weighted by Crippen LogP contribution is 2.38. The van der Waals surface area contributed by atoms with Gasteiger partial charge in [-0.1, -0.05) is 0 Å². The van der Waals surface area contributed by atoms with Crippen molar-refractivity contribution in [3.8, 4) is 17.2 Å². The summed E-state index contributed by atoms with van der Waals surface area (Å²) in [6, 6.07) is 10.8. The zero-order chi connectivity index (χ0) is 23.0. The smallest absolute Gasteiger partial charge is 0.338 e. The second kappa shape index (κ2) is 11.1. The molecule has 1 N–H and O–H groups in total. The van der Waals surface area contributed by atoms with Gasteiger partial charge in [0.15, 0.2) is 18.1 Å². The summed E-state index contributed by atoms with van der Waals surface area (Å²) in [6.07, 6.45) is 0. The van der Waals surface area contributed by atoms with Gasteiger partial charge in [-0.05, 0) is 57.2 Å². The molecule has 1 amide bonds. The molecule has 2 rings (SSSR count). The largest absolute Gasteiger partial charge is 0.493 e. The van der Waals surface area contributed by atoms with Gasteiger partial charge in [-0.3, -0.25) is 4.79 Å². The molecule has 0 unspecified atom stereocenters. The number of anilines is 2. The van der Waals surface area contributed by atoms with Gasteiger partial charge in [0.25, 0.3) is 5.91 Å². The van der Waals surface area contributed by atoms with Crippen LogP contribution in [0.2, 0.25) is 0 Å². The number of hydrogen-bond donors (Lipinski definition) is 1. The number of nitrogens with one attached hydrogen (secondary N) is 1. The third kappa shape index (κ3) is 6.04. The van der Waals surface area contributed by atoms with Gasteiger partial charge < -0.3 is 29.2 Å². The monoisotopic (exact) mass is 430 g/mol. The lowest BCUT2D eigenvalue weighted by atomic mass is 10.2. The molecular weight excluding hydrogens is 400 g/mol. The van der Waals surface area contributed by atoms with E-state index in [4.69, 9.17) is 18.9 Å². The van der Waals surface area contributed by atoms with Crippen LogP contribution < -0.4 is 24.4 Å². The molecule has 0 spiro atoms. The molecule has 0 aromatic heterocycles. The molecule has 0 aliphatic rings. The third-order valence-corrected chi connectivity index (χ3v) is 4.68. The molecular formula is C23H30N2O6. The summed E-state index contributed by atoms with van der Waals surface area (Å²) in [4.78, 5) is 26.8. The highest BCUT2D eigenvalue weighted by molar-refractivity contribution is 5.96. The standard InChI is InChI=1S/C23H30N2O6/c1-7-25(15(2)3)18-10-8-17(9-11-18)24-21(26)14-31-23(27)16-12-19(28-4)22(30-6)20(13-16)29-5/h8-13,15H,7,14H2,1-6H3,(H,24,26). The fourth-order valence-electron chi connectivity index (χ4n) is 3.19. The fourth-order valence-corrected chi connectivity index (χ4v) is 3.19. The number of carbonyl (C=O) groups excluding carboxylic acids is 2. The Hall–Kier alpha value is -3.42. The molecule has 0 fully saturated rings. The minimum absolute atomic E-state index is 0.181. The number of nitrogens with zero attached hydrogens (tertiary/aromatic N) is 1. The number of ether oxygens (including phenoxy) is 4. The number of benzene rings is 2. The first-order valence-corrected chi connectivity index (χ1v) is 9.98. The van der Waals surface area contributed by atoms with Crippen LogP contribution in [0.1, 0.15) is 31.1 Å². The van der Waals surface area contributed by atoms with E-state index in [9.17, 15) is 9.59 Å². The summed E-state index contributed by atoms with van der Waals surface area (Å²) >= 11 is 0. The highest BCUT2D eigenvalue weighted by Gasteiger charge is 2.18. The van der Waals surface area contributed by atoms with Gasteiger partial charge in [-0.2, -0.15) is 0 Å². The number of esters is 1. The Morgan fingerprint density at radius 1 is 0.968 bits per heavy atom. The van der Waals surface area contributed by atoms with E-state index in [1.807, 2.05) is 24.3 Å². The van der Waals surface area contributed by atoms with Crippen LogP contribution in [0.4, 0.5) is 11.4 Å². The van der Waals surface area contributed by atoms with Crippen molar-refractivity contribution in [1.29, 1.82) is 0 Å². The Morgan fingerprint density at radius 3 is 2.00 bits per heavy atom. The maximum absolute atomic E-state index is 12.4. The number of hydrogen-bond acceptors (Lipinski definition) is 7. The SMILES string of the molecule is CCN(c1ccc(NC(=O)COC(=O)c2cc(OC)c(OC)c(OC)c2)cc1)C(C)C. The average Bonchev–Trinajstić information content (AvgIpc) is 2.77. The van der Waals surface area contributed by atoms with Gasteiger partial charge in [0.05, 0.1) is 26.9 Å². The molecule has 0 saturated heterocycles. The van der Waals surface area contributed by atoms with Crippen LogP contribution in [0.5, 0.6) is 17.2 Å². The topological polar surface area (TPSA) is 86.3 Å². The minimum Gasteiger partial charge on any atom is -0.493 e. The van der Waals surface area contributed by atoms with E-state index in [-0.39, 0.29) is 5.56 Å². The van der Waals surface area contributed by atoms with E-state index < -0.39 is 18.5 Å². The lowest BCUT2D eigenvalue weighted by molar-refractivity contribution is -0.119. The first-order chi connectivity index (χ1) is 14.8. The zero-order valence-corrected chi connectivity index (χ0v) is 18.9. The van der Waals surface area contributed by atoms with E-state index in [1.165, 1.54) is 33.5 Å². The number of rotatable bonds is 10. The van der Waals surface area contributed by atoms with Crippen LogP contribution in [0.15, 0.2) is 36.4 Å². The second-order valence-electron chi connectivity index (χ2n) is 6.96. The molecule has 8 nitrogen and oxygen atoms in total. The van der Waals surface area contributed by atoms with Crippen LogP contribution in [-0.4, -0.2) is 52.4 Å². The van der Waals surface area contributed by atoms with Gasteiger partial charge >= 0.3 is 5.97 Å². The summed E-state index contributed by atoms with van der Waals surface area (Å²) in [6.45, 7) is 6.81. The minimum atomic E-state index is -0.680. The van der Waals surface area contributed by atoms with Crippen molar-refractivity contribution < 1.29 is 28.5 Å². The first-order valence-electron chi connectivity index (χ1n) is 9.98. The van der Waals surface area contributed by atoms with Gasteiger partial charge in [0, 0.05) is 24.0 Å². The molecule has 0 radical (unpaired) electrons. The summed E-state index contributed by atoms with van der Waals surface area (Å²) < 4.78 is 20.8. The van der Waals surface area contributed by atoms with Crippen molar-refractivity contribution in [1.82, 2.24) is 0 Å². The fraction of sp³-hybridized carbons (Fsp3) is 0.391. The first kappa shape index (κ1) is 23.9. The Bertz CT molecular complexity index is 870. The maximum Gasteiger partial charge on any atom is 0.338 e. The maximum atomic E-state index is 12.4. The molecule has 2 aromatic carbocycles. The Morgan fingerprint density at radius 2 is 1.55 bits per heavy atom. The van der Waals surface area contributed by atoms with Crippen molar-refractivity contribution >= 4 is 23.3 Å². The Labute approximate surface area is 183 Å². The van der Waals surface area contributed by atoms with Crippen LogP contribution >= 0.6 is 0 Å². The summed E-state index contributed by atoms with van der Waals surface area (Å²) in [7, 11) is 4.37. The van der Waals surface area contributed by atoms with Gasteiger partial charge in [-0.25, -0.2) is 4.79 Å². The molecule has 8 heteroatoms. The van der Waals surface area contributed by atoms with Crippen LogP contribution in [0, 0.1) is 0 Å². The van der Waals surface area contributed by atoms with Crippen LogP contribution in [0.25, 0.3) is 0 Å². The molecule has 0 aliphatic heterocycles. The van der Waals surface area contributed by atoms with Gasteiger partial charge in [-0.15, -0.1) is 0 Å². The number of amides is 1. The molecule has 168 valence electrons. The predicted molar refractivity (Wildman–Crippen MR) is 120 cm³/mol. The van der Waals surface area contributed by atoms with E-state index in [2.05, 4.69) is 31.0 Å². The average molecular weight is 431 g/mol. The lowest BCUT2D eigenvalue weighted by Crippen LogP contribution is -2.30. The normalized spacial score (nSPS) is 10.4. The molecule has 0 aliphatic carbocycles. The molecule has 0 atom stereocenters. The van der Waals surface area contributed by atoms with E-state index in [0.717, 1.165) is 12.2 Å². The van der Waals surface area contributed by atoms with E-state index in [0.29, 0.717) is 29.0 Å². The number of carbonyl (C=O) groups is 2. The highest BCUT2D eigenvalue weighted by atomic mass is 16.5. The van der Waals surface area contributed by atoms with Crippen molar-refractivity contribution in [2.75, 3.05) is 44.7 Å².